The second-order valence-electron chi connectivity index (χ2n) is 7.39. The molecule has 31 heavy (non-hydrogen) atoms. The molecule has 2 aliphatic rings. The molecule has 0 bridgehead atoms. The van der Waals surface area contributed by atoms with E-state index in [9.17, 15) is 0 Å². The van der Waals surface area contributed by atoms with E-state index >= 15 is 0 Å². The van der Waals surface area contributed by atoms with Gasteiger partial charge >= 0.3 is 0 Å². The first kappa shape index (κ1) is 21.0. The summed E-state index contributed by atoms with van der Waals surface area (Å²) in [5.74, 6) is 4.45. The fourth-order valence-electron chi connectivity index (χ4n) is 4.93. The highest BCUT2D eigenvalue weighted by Gasteiger charge is 2.42. The van der Waals surface area contributed by atoms with Crippen molar-refractivity contribution in [2.45, 2.75) is 18.3 Å². The van der Waals surface area contributed by atoms with Gasteiger partial charge in [-0.05, 0) is 29.7 Å². The number of methoxy groups -OCH3 is 6. The number of fused-ring (bicyclic) bond motifs is 2. The summed E-state index contributed by atoms with van der Waals surface area (Å²) in [6.45, 7) is 0. The van der Waals surface area contributed by atoms with E-state index in [2.05, 4.69) is 12.1 Å². The summed E-state index contributed by atoms with van der Waals surface area (Å²) in [5.41, 5.74) is 4.10. The summed E-state index contributed by atoms with van der Waals surface area (Å²) in [7, 11) is 10.0. The average Bonchev–Trinajstić information content (AvgIpc) is 3.30. The number of ether oxygens (including phenoxy) is 6. The van der Waals surface area contributed by atoms with Crippen LogP contribution in [-0.2, 0) is 18.9 Å². The van der Waals surface area contributed by atoms with Crippen LogP contribution in [0, 0.1) is 0 Å². The van der Waals surface area contributed by atoms with Crippen molar-refractivity contribution in [3.63, 3.8) is 0 Å². The SMILES string of the molecule is COC1=C(OC)C(CC2C(OC)=C(OC)c3c(OC)cccc32)c2cccc(OC)c21. The molecule has 0 saturated heterocycles. The second kappa shape index (κ2) is 8.46. The zero-order valence-electron chi connectivity index (χ0n) is 18.8. The third-order valence-electron chi connectivity index (χ3n) is 6.16. The van der Waals surface area contributed by atoms with Crippen LogP contribution in [0.15, 0.2) is 47.9 Å². The second-order valence-corrected chi connectivity index (χ2v) is 7.39. The van der Waals surface area contributed by atoms with Gasteiger partial charge in [0.25, 0.3) is 0 Å². The quantitative estimate of drug-likeness (QED) is 0.600. The van der Waals surface area contributed by atoms with Gasteiger partial charge in [-0.1, -0.05) is 24.3 Å². The predicted octanol–water partition coefficient (Wildman–Crippen LogP) is 4.91. The summed E-state index contributed by atoms with van der Waals surface area (Å²) < 4.78 is 34.5. The van der Waals surface area contributed by atoms with Gasteiger partial charge in [-0.3, -0.25) is 0 Å². The van der Waals surface area contributed by atoms with E-state index in [1.54, 1.807) is 42.7 Å². The van der Waals surface area contributed by atoms with Gasteiger partial charge in [0.15, 0.2) is 11.5 Å². The fourth-order valence-corrected chi connectivity index (χ4v) is 4.93. The molecule has 0 saturated carbocycles. The summed E-state index contributed by atoms with van der Waals surface area (Å²) in [5, 5.41) is 0. The number of allylic oxidation sites excluding steroid dienone is 2. The standard InChI is InChI=1S/C25H28O6/c1-26-18-11-7-9-14-16(22(28-3)24(30-5)20(14)18)13-17-15-10-8-12-19(27-2)21(15)25(31-6)23(17)29-4/h7-12,16-17H,13H2,1-6H3. The Hall–Kier alpha value is -3.28. The molecule has 0 aromatic heterocycles. The molecule has 0 fully saturated rings. The lowest BCUT2D eigenvalue weighted by Gasteiger charge is -2.22. The van der Waals surface area contributed by atoms with Crippen molar-refractivity contribution in [3.05, 3.63) is 70.2 Å². The molecule has 0 spiro atoms. The molecule has 0 radical (unpaired) electrons. The molecule has 0 heterocycles. The van der Waals surface area contributed by atoms with Crippen molar-refractivity contribution in [1.29, 1.82) is 0 Å². The Balaban J connectivity index is 1.85. The minimum Gasteiger partial charge on any atom is -0.497 e. The molecular formula is C25H28O6. The maximum atomic E-state index is 5.86. The summed E-state index contributed by atoms with van der Waals surface area (Å²) in [6.07, 6.45) is 0.715. The van der Waals surface area contributed by atoms with Crippen LogP contribution in [-0.4, -0.2) is 42.7 Å². The van der Waals surface area contributed by atoms with Crippen molar-refractivity contribution >= 4 is 11.5 Å². The number of hydrogen-bond donors (Lipinski definition) is 0. The fraction of sp³-hybridized carbons (Fsp3) is 0.360. The van der Waals surface area contributed by atoms with Crippen molar-refractivity contribution in [3.8, 4) is 11.5 Å². The Morgan fingerprint density at radius 1 is 0.548 bits per heavy atom. The van der Waals surface area contributed by atoms with Crippen LogP contribution in [0.4, 0.5) is 0 Å². The maximum absolute atomic E-state index is 5.86. The van der Waals surface area contributed by atoms with E-state index in [4.69, 9.17) is 28.4 Å². The largest absolute Gasteiger partial charge is 0.497 e. The van der Waals surface area contributed by atoms with Crippen LogP contribution in [0.1, 0.15) is 40.5 Å². The maximum Gasteiger partial charge on any atom is 0.168 e. The first-order valence-corrected chi connectivity index (χ1v) is 10.1. The van der Waals surface area contributed by atoms with Gasteiger partial charge in [0, 0.05) is 11.8 Å². The first-order chi connectivity index (χ1) is 15.1. The molecule has 2 atom stereocenters. The summed E-state index contributed by atoms with van der Waals surface area (Å²) >= 11 is 0. The Morgan fingerprint density at radius 3 is 1.29 bits per heavy atom. The van der Waals surface area contributed by atoms with Gasteiger partial charge in [0.2, 0.25) is 0 Å². The van der Waals surface area contributed by atoms with Crippen LogP contribution in [0.3, 0.4) is 0 Å². The van der Waals surface area contributed by atoms with Crippen molar-refractivity contribution in [1.82, 2.24) is 0 Å². The Bertz CT molecular complexity index is 968. The van der Waals surface area contributed by atoms with Gasteiger partial charge < -0.3 is 28.4 Å². The van der Waals surface area contributed by atoms with E-state index in [0.29, 0.717) is 17.9 Å². The normalized spacial score (nSPS) is 19.2. The predicted molar refractivity (Wildman–Crippen MR) is 118 cm³/mol. The highest BCUT2D eigenvalue weighted by molar-refractivity contribution is 5.79. The topological polar surface area (TPSA) is 55.4 Å². The molecule has 0 aliphatic heterocycles. The van der Waals surface area contributed by atoms with E-state index in [-0.39, 0.29) is 11.8 Å². The number of rotatable bonds is 8. The van der Waals surface area contributed by atoms with Crippen molar-refractivity contribution < 1.29 is 28.4 Å². The Labute approximate surface area is 183 Å². The molecule has 4 rings (SSSR count). The Kier molecular flexibility index (Phi) is 5.72. The van der Waals surface area contributed by atoms with E-state index < -0.39 is 0 Å². The van der Waals surface area contributed by atoms with Gasteiger partial charge in [-0.25, -0.2) is 0 Å². The lowest BCUT2D eigenvalue weighted by atomic mass is 9.85. The van der Waals surface area contributed by atoms with Crippen molar-refractivity contribution in [2.24, 2.45) is 0 Å². The number of hydrogen-bond acceptors (Lipinski definition) is 6. The van der Waals surface area contributed by atoms with Gasteiger partial charge in [-0.15, -0.1) is 0 Å². The third-order valence-corrected chi connectivity index (χ3v) is 6.16. The lowest BCUT2D eigenvalue weighted by molar-refractivity contribution is 0.225. The molecule has 6 nitrogen and oxygen atoms in total. The van der Waals surface area contributed by atoms with Gasteiger partial charge in [0.1, 0.15) is 23.0 Å². The van der Waals surface area contributed by atoms with E-state index in [0.717, 1.165) is 45.3 Å². The first-order valence-electron chi connectivity index (χ1n) is 10.1. The highest BCUT2D eigenvalue weighted by Crippen LogP contribution is 2.54. The molecule has 6 heteroatoms. The van der Waals surface area contributed by atoms with E-state index in [1.807, 2.05) is 24.3 Å². The molecule has 2 aromatic rings. The summed E-state index contributed by atoms with van der Waals surface area (Å²) in [6, 6.07) is 12.1. The smallest absolute Gasteiger partial charge is 0.168 e. The molecule has 2 unspecified atom stereocenters. The van der Waals surface area contributed by atoms with E-state index in [1.165, 1.54) is 0 Å². The van der Waals surface area contributed by atoms with Crippen LogP contribution < -0.4 is 9.47 Å². The molecule has 0 N–H and O–H groups in total. The average molecular weight is 424 g/mol. The zero-order valence-corrected chi connectivity index (χ0v) is 18.8. The minimum absolute atomic E-state index is 0.0320. The minimum atomic E-state index is -0.0320. The van der Waals surface area contributed by atoms with Crippen LogP contribution in [0.25, 0.3) is 11.5 Å². The molecule has 2 aliphatic carbocycles. The Morgan fingerprint density at radius 2 is 0.968 bits per heavy atom. The monoisotopic (exact) mass is 424 g/mol. The van der Waals surface area contributed by atoms with Crippen LogP contribution in [0.5, 0.6) is 11.5 Å². The molecule has 2 aromatic carbocycles. The zero-order chi connectivity index (χ0) is 22.1. The third kappa shape index (κ3) is 3.09. The lowest BCUT2D eigenvalue weighted by Crippen LogP contribution is -2.10. The highest BCUT2D eigenvalue weighted by atomic mass is 16.5. The van der Waals surface area contributed by atoms with Gasteiger partial charge in [0.05, 0.1) is 53.8 Å². The van der Waals surface area contributed by atoms with Gasteiger partial charge in [-0.2, -0.15) is 0 Å². The number of benzene rings is 2. The molecular weight excluding hydrogens is 396 g/mol. The van der Waals surface area contributed by atoms with Crippen molar-refractivity contribution in [2.75, 3.05) is 42.7 Å². The molecule has 0 amide bonds. The molecule has 164 valence electrons. The van der Waals surface area contributed by atoms with Crippen LogP contribution in [0.2, 0.25) is 0 Å². The van der Waals surface area contributed by atoms with Crippen LogP contribution >= 0.6 is 0 Å². The summed E-state index contributed by atoms with van der Waals surface area (Å²) in [4.78, 5) is 0.